The van der Waals surface area contributed by atoms with Gasteiger partial charge in [-0.15, -0.1) is 0 Å². The summed E-state index contributed by atoms with van der Waals surface area (Å²) in [6, 6.07) is 0. The predicted octanol–water partition coefficient (Wildman–Crippen LogP) is 3.64. The average Bonchev–Trinajstić information content (AvgIpc) is 2.38. The first-order chi connectivity index (χ1) is 9.71. The van der Waals surface area contributed by atoms with E-state index in [-0.39, 0.29) is 0 Å². The van der Waals surface area contributed by atoms with Crippen molar-refractivity contribution in [2.75, 3.05) is 19.3 Å². The fourth-order valence-corrected chi connectivity index (χ4v) is 4.82. The second kappa shape index (κ2) is 7.96. The lowest BCUT2D eigenvalue weighted by molar-refractivity contribution is 0.166. The molecule has 0 heterocycles. The maximum atomic E-state index is 12.4. The van der Waals surface area contributed by atoms with Gasteiger partial charge in [-0.1, -0.05) is 26.2 Å². The molecule has 3 atom stereocenters. The number of hydrogen-bond acceptors (Lipinski definition) is 3. The van der Waals surface area contributed by atoms with Crippen LogP contribution in [0.2, 0.25) is 0 Å². The Labute approximate surface area is 132 Å². The van der Waals surface area contributed by atoms with Crippen LogP contribution in [0.1, 0.15) is 66.2 Å². The van der Waals surface area contributed by atoms with Crippen LogP contribution in [0.15, 0.2) is 0 Å². The number of hydrogen-bond donors (Lipinski definition) is 1. The normalized spacial score (nSPS) is 27.8. The third-order valence-electron chi connectivity index (χ3n) is 5.10. The average molecular weight is 318 g/mol. The molecule has 126 valence electrons. The summed E-state index contributed by atoms with van der Waals surface area (Å²) in [6.07, 6.45) is 7.18. The van der Waals surface area contributed by atoms with Crippen LogP contribution in [0.3, 0.4) is 0 Å². The summed E-state index contributed by atoms with van der Waals surface area (Å²) < 4.78 is 24.1. The molecule has 1 aliphatic carbocycles. The fraction of sp³-hybridized carbons (Fsp3) is 1.00. The number of sulfone groups is 1. The second-order valence-corrected chi connectivity index (χ2v) is 10.6. The zero-order valence-electron chi connectivity index (χ0n) is 14.6. The van der Waals surface area contributed by atoms with E-state index in [1.165, 1.54) is 32.1 Å². The molecule has 4 heteroatoms. The van der Waals surface area contributed by atoms with E-state index in [4.69, 9.17) is 0 Å². The van der Waals surface area contributed by atoms with Gasteiger partial charge >= 0.3 is 0 Å². The molecule has 1 rings (SSSR count). The van der Waals surface area contributed by atoms with Crippen molar-refractivity contribution < 1.29 is 8.42 Å². The molecule has 0 aromatic carbocycles. The standard InChI is InChI=1S/C17H35NO2S/c1-6-7-14-8-9-16(13-18-5)15(12-14)10-11-21(19,20)17(2,3)4/h14-16,18H,6-13H2,1-5H3. The quantitative estimate of drug-likeness (QED) is 0.780. The second-order valence-electron chi connectivity index (χ2n) is 7.77. The van der Waals surface area contributed by atoms with Crippen molar-refractivity contribution in [1.82, 2.24) is 5.32 Å². The van der Waals surface area contributed by atoms with Gasteiger partial charge < -0.3 is 5.32 Å². The summed E-state index contributed by atoms with van der Waals surface area (Å²) in [4.78, 5) is 0. The van der Waals surface area contributed by atoms with Crippen LogP contribution in [0.4, 0.5) is 0 Å². The van der Waals surface area contributed by atoms with E-state index in [0.29, 0.717) is 17.6 Å². The molecule has 0 aromatic heterocycles. The van der Waals surface area contributed by atoms with E-state index >= 15 is 0 Å². The highest BCUT2D eigenvalue weighted by atomic mass is 32.2. The lowest BCUT2D eigenvalue weighted by atomic mass is 9.71. The molecule has 0 bridgehead atoms. The van der Waals surface area contributed by atoms with E-state index in [2.05, 4.69) is 12.2 Å². The SMILES string of the molecule is CCCC1CCC(CNC)C(CCS(=O)(=O)C(C)(C)C)C1. The summed E-state index contributed by atoms with van der Waals surface area (Å²) in [5.41, 5.74) is 0. The van der Waals surface area contributed by atoms with Crippen molar-refractivity contribution >= 4 is 9.84 Å². The number of nitrogens with one attached hydrogen (secondary N) is 1. The highest BCUT2D eigenvalue weighted by Gasteiger charge is 2.33. The van der Waals surface area contributed by atoms with Gasteiger partial charge in [0.05, 0.1) is 10.5 Å². The van der Waals surface area contributed by atoms with Crippen LogP contribution in [-0.2, 0) is 9.84 Å². The van der Waals surface area contributed by atoms with Crippen LogP contribution in [-0.4, -0.2) is 32.5 Å². The molecule has 0 amide bonds. The smallest absolute Gasteiger partial charge is 0.155 e. The summed E-state index contributed by atoms with van der Waals surface area (Å²) in [5, 5.41) is 3.29. The summed E-state index contributed by atoms with van der Waals surface area (Å²) in [6.45, 7) is 8.72. The first-order valence-electron chi connectivity index (χ1n) is 8.58. The van der Waals surface area contributed by atoms with Gasteiger partial charge in [0, 0.05) is 0 Å². The Hall–Kier alpha value is -0.0900. The first-order valence-corrected chi connectivity index (χ1v) is 10.2. The van der Waals surface area contributed by atoms with Crippen LogP contribution >= 0.6 is 0 Å². The monoisotopic (exact) mass is 317 g/mol. The minimum absolute atomic E-state index is 0.347. The third-order valence-corrected chi connectivity index (χ3v) is 7.74. The van der Waals surface area contributed by atoms with Crippen molar-refractivity contribution in [1.29, 1.82) is 0 Å². The molecule has 1 N–H and O–H groups in total. The van der Waals surface area contributed by atoms with Gasteiger partial charge in [0.15, 0.2) is 9.84 Å². The maximum Gasteiger partial charge on any atom is 0.155 e. The van der Waals surface area contributed by atoms with E-state index in [0.717, 1.165) is 18.9 Å². The largest absolute Gasteiger partial charge is 0.319 e. The zero-order chi connectivity index (χ0) is 16.1. The predicted molar refractivity (Wildman–Crippen MR) is 91.3 cm³/mol. The van der Waals surface area contributed by atoms with Gasteiger partial charge in [-0.3, -0.25) is 0 Å². The van der Waals surface area contributed by atoms with E-state index in [1.807, 2.05) is 27.8 Å². The van der Waals surface area contributed by atoms with Crippen LogP contribution in [0, 0.1) is 17.8 Å². The molecular formula is C17H35NO2S. The van der Waals surface area contributed by atoms with Gasteiger partial charge in [-0.25, -0.2) is 8.42 Å². The van der Waals surface area contributed by atoms with E-state index in [9.17, 15) is 8.42 Å². The third kappa shape index (κ3) is 5.55. The molecule has 0 aliphatic heterocycles. The molecular weight excluding hydrogens is 282 g/mol. The Morgan fingerprint density at radius 2 is 1.76 bits per heavy atom. The minimum Gasteiger partial charge on any atom is -0.319 e. The maximum absolute atomic E-state index is 12.4. The number of rotatable bonds is 7. The lowest BCUT2D eigenvalue weighted by Gasteiger charge is -2.36. The molecule has 0 spiro atoms. The van der Waals surface area contributed by atoms with Gasteiger partial charge in [0.25, 0.3) is 0 Å². The van der Waals surface area contributed by atoms with Crippen LogP contribution < -0.4 is 5.32 Å². The molecule has 1 fully saturated rings. The topological polar surface area (TPSA) is 46.2 Å². The van der Waals surface area contributed by atoms with Crippen molar-refractivity contribution in [2.45, 2.75) is 71.0 Å². The first kappa shape index (κ1) is 19.0. The minimum atomic E-state index is -2.99. The summed E-state index contributed by atoms with van der Waals surface area (Å²) in [7, 11) is -0.985. The molecule has 21 heavy (non-hydrogen) atoms. The van der Waals surface area contributed by atoms with Crippen molar-refractivity contribution in [3.63, 3.8) is 0 Å². The van der Waals surface area contributed by atoms with Gasteiger partial charge in [-0.2, -0.15) is 0 Å². The summed E-state index contributed by atoms with van der Waals surface area (Å²) >= 11 is 0. The van der Waals surface area contributed by atoms with Crippen LogP contribution in [0.25, 0.3) is 0 Å². The summed E-state index contributed by atoms with van der Waals surface area (Å²) in [5.74, 6) is 2.38. The highest BCUT2D eigenvalue weighted by molar-refractivity contribution is 7.92. The zero-order valence-corrected chi connectivity index (χ0v) is 15.4. The van der Waals surface area contributed by atoms with Crippen LogP contribution in [0.5, 0.6) is 0 Å². The van der Waals surface area contributed by atoms with Gasteiger partial charge in [0.2, 0.25) is 0 Å². The molecule has 0 radical (unpaired) electrons. The molecule has 0 saturated heterocycles. The Bertz CT molecular complexity index is 398. The fourth-order valence-electron chi connectivity index (χ4n) is 3.59. The van der Waals surface area contributed by atoms with E-state index in [1.54, 1.807) is 0 Å². The highest BCUT2D eigenvalue weighted by Crippen LogP contribution is 2.38. The van der Waals surface area contributed by atoms with E-state index < -0.39 is 14.6 Å². The van der Waals surface area contributed by atoms with Crippen molar-refractivity contribution in [2.24, 2.45) is 17.8 Å². The Kier molecular flexibility index (Phi) is 7.18. The molecule has 0 aromatic rings. The van der Waals surface area contributed by atoms with Gasteiger partial charge in [-0.05, 0) is 71.4 Å². The Morgan fingerprint density at radius 3 is 2.29 bits per heavy atom. The Morgan fingerprint density at radius 1 is 1.10 bits per heavy atom. The lowest BCUT2D eigenvalue weighted by Crippen LogP contribution is -2.35. The Balaban J connectivity index is 2.66. The molecule has 3 unspecified atom stereocenters. The molecule has 1 saturated carbocycles. The molecule has 3 nitrogen and oxygen atoms in total. The van der Waals surface area contributed by atoms with Gasteiger partial charge in [0.1, 0.15) is 0 Å². The molecule has 1 aliphatic rings. The van der Waals surface area contributed by atoms with Crippen molar-refractivity contribution in [3.05, 3.63) is 0 Å². The van der Waals surface area contributed by atoms with Crippen molar-refractivity contribution in [3.8, 4) is 0 Å².